The van der Waals surface area contributed by atoms with E-state index in [4.69, 9.17) is 9.47 Å². The van der Waals surface area contributed by atoms with Crippen molar-refractivity contribution in [3.63, 3.8) is 0 Å². The first-order valence-electron chi connectivity index (χ1n) is 7.81. The second-order valence-electron chi connectivity index (χ2n) is 5.80. The Labute approximate surface area is 138 Å². The molecule has 130 valence electrons. The number of carbonyl (C=O) groups excluding carboxylic acids is 1. The number of carbonyl (C=O) groups is 1. The first-order chi connectivity index (χ1) is 11.6. The van der Waals surface area contributed by atoms with Crippen LogP contribution in [0, 0.1) is 16.0 Å². The highest BCUT2D eigenvalue weighted by Gasteiger charge is 2.27. The number of nitro groups is 1. The lowest BCUT2D eigenvalue weighted by Crippen LogP contribution is -2.45. The van der Waals surface area contributed by atoms with Gasteiger partial charge in [0.2, 0.25) is 0 Å². The van der Waals surface area contributed by atoms with E-state index in [1.165, 1.54) is 12.1 Å². The van der Waals surface area contributed by atoms with Crippen molar-refractivity contribution in [3.05, 3.63) is 27.8 Å². The van der Waals surface area contributed by atoms with E-state index in [1.807, 2.05) is 0 Å². The van der Waals surface area contributed by atoms with Crippen LogP contribution in [0.1, 0.15) is 16.8 Å². The SMILES string of the molecule is O=C(NC[C@@H]1CCNCC1O)c1cc([N+](=O)[O-])cc2c1OCCO2. The Morgan fingerprint density at radius 2 is 2.21 bits per heavy atom. The summed E-state index contributed by atoms with van der Waals surface area (Å²) in [7, 11) is 0. The smallest absolute Gasteiger partial charge is 0.274 e. The molecule has 1 unspecified atom stereocenters. The highest BCUT2D eigenvalue weighted by Crippen LogP contribution is 2.37. The normalized spacial score (nSPS) is 22.7. The summed E-state index contributed by atoms with van der Waals surface area (Å²) < 4.78 is 10.8. The summed E-state index contributed by atoms with van der Waals surface area (Å²) in [5, 5.41) is 26.8. The number of nitro benzene ring substituents is 1. The molecule has 0 aromatic heterocycles. The summed E-state index contributed by atoms with van der Waals surface area (Å²) in [5.74, 6) is -0.120. The van der Waals surface area contributed by atoms with Gasteiger partial charge in [0.25, 0.3) is 11.6 Å². The maximum absolute atomic E-state index is 12.5. The third kappa shape index (κ3) is 3.41. The molecule has 0 spiro atoms. The molecule has 2 atom stereocenters. The average molecular weight is 337 g/mol. The van der Waals surface area contributed by atoms with Crippen molar-refractivity contribution in [2.24, 2.45) is 5.92 Å². The number of piperidine rings is 1. The number of ether oxygens (including phenoxy) is 2. The molecule has 3 N–H and O–H groups in total. The Hall–Kier alpha value is -2.39. The molecule has 9 nitrogen and oxygen atoms in total. The van der Waals surface area contributed by atoms with E-state index in [-0.39, 0.29) is 41.9 Å². The molecule has 0 saturated carbocycles. The third-order valence-electron chi connectivity index (χ3n) is 4.20. The van der Waals surface area contributed by atoms with Crippen LogP contribution in [0.25, 0.3) is 0 Å². The van der Waals surface area contributed by atoms with Crippen molar-refractivity contribution < 1.29 is 24.3 Å². The second kappa shape index (κ2) is 7.02. The fraction of sp³-hybridized carbons (Fsp3) is 0.533. The number of fused-ring (bicyclic) bond motifs is 1. The van der Waals surface area contributed by atoms with Crippen LogP contribution in [0.2, 0.25) is 0 Å². The number of nitrogens with zero attached hydrogens (tertiary/aromatic N) is 1. The lowest BCUT2D eigenvalue weighted by atomic mass is 9.95. The maximum atomic E-state index is 12.5. The van der Waals surface area contributed by atoms with Gasteiger partial charge in [0.15, 0.2) is 11.5 Å². The van der Waals surface area contributed by atoms with Gasteiger partial charge in [-0.15, -0.1) is 0 Å². The Morgan fingerprint density at radius 3 is 2.96 bits per heavy atom. The maximum Gasteiger partial charge on any atom is 0.274 e. The zero-order valence-electron chi connectivity index (χ0n) is 13.0. The third-order valence-corrected chi connectivity index (χ3v) is 4.20. The summed E-state index contributed by atoms with van der Waals surface area (Å²) >= 11 is 0. The van der Waals surface area contributed by atoms with Crippen LogP contribution < -0.4 is 20.1 Å². The summed E-state index contributed by atoms with van der Waals surface area (Å²) in [6, 6.07) is 2.43. The minimum Gasteiger partial charge on any atom is -0.486 e. The lowest BCUT2D eigenvalue weighted by Gasteiger charge is -2.28. The van der Waals surface area contributed by atoms with E-state index >= 15 is 0 Å². The Bertz CT molecular complexity index is 650. The predicted octanol–water partition coefficient (Wildman–Crippen LogP) is 0.0662. The number of aliphatic hydroxyl groups is 1. The van der Waals surface area contributed by atoms with Gasteiger partial charge in [-0.3, -0.25) is 14.9 Å². The first kappa shape index (κ1) is 16.5. The monoisotopic (exact) mass is 337 g/mol. The molecule has 3 rings (SSSR count). The Balaban J connectivity index is 1.78. The van der Waals surface area contributed by atoms with Crippen molar-refractivity contribution in [2.75, 3.05) is 32.8 Å². The van der Waals surface area contributed by atoms with Gasteiger partial charge in [0.1, 0.15) is 13.2 Å². The van der Waals surface area contributed by atoms with E-state index in [1.54, 1.807) is 0 Å². The molecule has 0 radical (unpaired) electrons. The van der Waals surface area contributed by atoms with Crippen LogP contribution in [-0.2, 0) is 0 Å². The zero-order valence-corrected chi connectivity index (χ0v) is 13.0. The Kier molecular flexibility index (Phi) is 4.81. The molecule has 0 bridgehead atoms. The van der Waals surface area contributed by atoms with Crippen molar-refractivity contribution in [1.29, 1.82) is 0 Å². The highest BCUT2D eigenvalue weighted by atomic mass is 16.6. The van der Waals surface area contributed by atoms with Crippen molar-refractivity contribution in [3.8, 4) is 11.5 Å². The number of non-ortho nitro benzene ring substituents is 1. The highest BCUT2D eigenvalue weighted by molar-refractivity contribution is 5.98. The van der Waals surface area contributed by atoms with Crippen LogP contribution in [-0.4, -0.2) is 54.9 Å². The standard InChI is InChI=1S/C15H19N3O6/c19-12-8-16-2-1-9(12)7-17-15(20)11-5-10(18(21)22)6-13-14(11)24-4-3-23-13/h5-6,9,12,16,19H,1-4,7-8H2,(H,17,20)/t9-,12?/m0/s1. The number of aliphatic hydroxyl groups excluding tert-OH is 1. The molecule has 2 heterocycles. The number of hydrogen-bond acceptors (Lipinski definition) is 7. The number of benzene rings is 1. The predicted molar refractivity (Wildman–Crippen MR) is 83.4 cm³/mol. The van der Waals surface area contributed by atoms with Crippen molar-refractivity contribution in [2.45, 2.75) is 12.5 Å². The Morgan fingerprint density at radius 1 is 1.42 bits per heavy atom. The van der Waals surface area contributed by atoms with Crippen molar-refractivity contribution >= 4 is 11.6 Å². The van der Waals surface area contributed by atoms with Gasteiger partial charge in [0.05, 0.1) is 22.7 Å². The molecule has 2 aliphatic rings. The van der Waals surface area contributed by atoms with E-state index in [0.717, 1.165) is 13.0 Å². The molecular weight excluding hydrogens is 318 g/mol. The van der Waals surface area contributed by atoms with Gasteiger partial charge >= 0.3 is 0 Å². The van der Waals surface area contributed by atoms with Gasteiger partial charge in [0, 0.05) is 25.1 Å². The van der Waals surface area contributed by atoms with E-state index < -0.39 is 16.9 Å². The molecule has 1 amide bonds. The summed E-state index contributed by atoms with van der Waals surface area (Å²) in [5.41, 5.74) is -0.159. The molecule has 24 heavy (non-hydrogen) atoms. The summed E-state index contributed by atoms with van der Waals surface area (Å²) in [4.78, 5) is 22.9. The fourth-order valence-corrected chi connectivity index (χ4v) is 2.87. The number of amides is 1. The molecular formula is C15H19N3O6. The van der Waals surface area contributed by atoms with Crippen LogP contribution in [0.15, 0.2) is 12.1 Å². The topological polar surface area (TPSA) is 123 Å². The van der Waals surface area contributed by atoms with Crippen LogP contribution in [0.5, 0.6) is 11.5 Å². The second-order valence-corrected chi connectivity index (χ2v) is 5.80. The van der Waals surface area contributed by atoms with Gasteiger partial charge in [-0.25, -0.2) is 0 Å². The zero-order chi connectivity index (χ0) is 17.1. The summed E-state index contributed by atoms with van der Waals surface area (Å²) in [6.07, 6.45) is 0.214. The van der Waals surface area contributed by atoms with Gasteiger partial charge in [-0.1, -0.05) is 0 Å². The van der Waals surface area contributed by atoms with E-state index in [9.17, 15) is 20.0 Å². The summed E-state index contributed by atoms with van der Waals surface area (Å²) in [6.45, 7) is 2.11. The minimum atomic E-state index is -0.578. The number of nitrogens with one attached hydrogen (secondary N) is 2. The molecule has 9 heteroatoms. The first-order valence-corrected chi connectivity index (χ1v) is 7.81. The molecule has 1 aromatic carbocycles. The lowest BCUT2D eigenvalue weighted by molar-refractivity contribution is -0.385. The number of hydrogen-bond donors (Lipinski definition) is 3. The van der Waals surface area contributed by atoms with Gasteiger partial charge in [-0.05, 0) is 13.0 Å². The average Bonchev–Trinajstić information content (AvgIpc) is 2.59. The van der Waals surface area contributed by atoms with E-state index in [0.29, 0.717) is 13.1 Å². The van der Waals surface area contributed by atoms with Gasteiger partial charge in [-0.2, -0.15) is 0 Å². The largest absolute Gasteiger partial charge is 0.486 e. The molecule has 1 fully saturated rings. The van der Waals surface area contributed by atoms with E-state index in [2.05, 4.69) is 10.6 Å². The quantitative estimate of drug-likeness (QED) is 0.524. The molecule has 1 aromatic rings. The van der Waals surface area contributed by atoms with Crippen LogP contribution >= 0.6 is 0 Å². The number of rotatable bonds is 4. The van der Waals surface area contributed by atoms with Crippen LogP contribution in [0.4, 0.5) is 5.69 Å². The molecule has 2 aliphatic heterocycles. The number of β-amino-alcohol motifs (C(OH)–C–C–N with tert-alkyl or cyclic N) is 1. The fourth-order valence-electron chi connectivity index (χ4n) is 2.87. The minimum absolute atomic E-state index is 0.0538. The van der Waals surface area contributed by atoms with Gasteiger partial charge < -0.3 is 25.2 Å². The van der Waals surface area contributed by atoms with Crippen molar-refractivity contribution in [1.82, 2.24) is 10.6 Å². The van der Waals surface area contributed by atoms with Crippen LogP contribution in [0.3, 0.4) is 0 Å². The molecule has 0 aliphatic carbocycles. The molecule has 1 saturated heterocycles.